The molecule has 0 fully saturated rings. The topological polar surface area (TPSA) is 46.5 Å². The van der Waals surface area contributed by atoms with Gasteiger partial charge in [-0.15, -0.1) is 0 Å². The van der Waals surface area contributed by atoms with Gasteiger partial charge in [0.25, 0.3) is 0 Å². The zero-order chi connectivity index (χ0) is 25.3. The molecule has 0 aromatic rings. The average molecular weight is 475 g/mol. The van der Waals surface area contributed by atoms with Gasteiger partial charge in [0.1, 0.15) is 0 Å². The van der Waals surface area contributed by atoms with E-state index in [1.54, 1.807) is 6.08 Å². The molecule has 0 saturated carbocycles. The number of aliphatic hydroxyl groups is 1. The lowest BCUT2D eigenvalue weighted by Crippen LogP contribution is -2.37. The lowest BCUT2D eigenvalue weighted by Gasteiger charge is -2.43. The molecule has 0 saturated heterocycles. The number of hydrogen-bond donors (Lipinski definition) is 1. The summed E-state index contributed by atoms with van der Waals surface area (Å²) in [4.78, 5) is 12.6. The van der Waals surface area contributed by atoms with Gasteiger partial charge in [0, 0.05) is 17.4 Å². The van der Waals surface area contributed by atoms with Gasteiger partial charge in [0.15, 0.2) is 0 Å². The first-order chi connectivity index (χ1) is 16.3. The van der Waals surface area contributed by atoms with Crippen LogP contribution in [0.4, 0.5) is 0 Å². The third-order valence-corrected chi connectivity index (χ3v) is 7.95. The normalized spacial score (nSPS) is 18.7. The molecule has 1 unspecified atom stereocenters. The van der Waals surface area contributed by atoms with Crippen molar-refractivity contribution < 1.29 is 14.6 Å². The summed E-state index contributed by atoms with van der Waals surface area (Å²) in [5, 5.41) is 10.5. The van der Waals surface area contributed by atoms with Crippen LogP contribution in [0.5, 0.6) is 0 Å². The largest absolute Gasteiger partial charge is 0.512 e. The highest BCUT2D eigenvalue weighted by atomic mass is 16.5. The van der Waals surface area contributed by atoms with Crippen LogP contribution in [-0.4, -0.2) is 17.7 Å². The Hall–Kier alpha value is -1.51. The summed E-state index contributed by atoms with van der Waals surface area (Å²) in [5.74, 6) is 0.138. The number of hydrogen-bond acceptors (Lipinski definition) is 3. The number of allylic oxidation sites excluding steroid dienone is 4. The second-order valence-corrected chi connectivity index (χ2v) is 11.0. The van der Waals surface area contributed by atoms with Crippen LogP contribution in [0.3, 0.4) is 0 Å². The molecular formula is C31H54O3. The summed E-state index contributed by atoms with van der Waals surface area (Å²) < 4.78 is 5.55. The van der Waals surface area contributed by atoms with E-state index in [0.717, 1.165) is 19.3 Å². The van der Waals surface area contributed by atoms with Gasteiger partial charge < -0.3 is 9.84 Å². The predicted molar refractivity (Wildman–Crippen MR) is 146 cm³/mol. The van der Waals surface area contributed by atoms with E-state index >= 15 is 0 Å². The Labute approximate surface area is 211 Å². The highest BCUT2D eigenvalue weighted by Crippen LogP contribution is 2.49. The third-order valence-electron chi connectivity index (χ3n) is 7.95. The van der Waals surface area contributed by atoms with Crippen LogP contribution in [0, 0.1) is 10.8 Å². The van der Waals surface area contributed by atoms with Crippen molar-refractivity contribution in [3.8, 4) is 0 Å². The Morgan fingerprint density at radius 3 is 2.03 bits per heavy atom. The van der Waals surface area contributed by atoms with E-state index < -0.39 is 5.41 Å². The lowest BCUT2D eigenvalue weighted by molar-refractivity contribution is -0.139. The van der Waals surface area contributed by atoms with E-state index in [1.807, 2.05) is 13.0 Å². The molecule has 196 valence electrons. The molecule has 0 spiro atoms. The van der Waals surface area contributed by atoms with Gasteiger partial charge in [-0.3, -0.25) is 0 Å². The fourth-order valence-corrected chi connectivity index (χ4v) is 4.56. The standard InChI is InChI=1S/C31H54O3/c1-6-8-9-10-11-12-13-14-15-16-17-18-19-20-21-22-25-34-29(33)27-23-24-28(32)31(5,26-27)30(3,4)7-2/h14-15,24,26,32H,6-13,16-23,25H2,1-5H3/b15-14-. The van der Waals surface area contributed by atoms with Crippen LogP contribution in [0.25, 0.3) is 0 Å². The quantitative estimate of drug-likeness (QED) is 0.115. The molecule has 0 aromatic heterocycles. The minimum Gasteiger partial charge on any atom is -0.512 e. The first-order valence-electron chi connectivity index (χ1n) is 14.2. The Morgan fingerprint density at radius 1 is 0.941 bits per heavy atom. The van der Waals surface area contributed by atoms with Crippen molar-refractivity contribution in [1.29, 1.82) is 0 Å². The van der Waals surface area contributed by atoms with E-state index in [1.165, 1.54) is 77.0 Å². The van der Waals surface area contributed by atoms with Crippen molar-refractivity contribution in [2.45, 2.75) is 137 Å². The van der Waals surface area contributed by atoms with Gasteiger partial charge in [0.05, 0.1) is 12.4 Å². The molecule has 1 N–H and O–H groups in total. The summed E-state index contributed by atoms with van der Waals surface area (Å²) >= 11 is 0. The van der Waals surface area contributed by atoms with E-state index in [2.05, 4.69) is 39.8 Å². The second-order valence-electron chi connectivity index (χ2n) is 11.0. The van der Waals surface area contributed by atoms with Crippen molar-refractivity contribution in [2.24, 2.45) is 10.8 Å². The minimum absolute atomic E-state index is 0.136. The number of esters is 1. The highest BCUT2D eigenvalue weighted by molar-refractivity contribution is 5.89. The molecule has 1 aliphatic carbocycles. The molecule has 0 aliphatic heterocycles. The molecule has 0 radical (unpaired) electrons. The van der Waals surface area contributed by atoms with Gasteiger partial charge >= 0.3 is 5.97 Å². The lowest BCUT2D eigenvalue weighted by atomic mass is 9.62. The maximum Gasteiger partial charge on any atom is 0.334 e. The first-order valence-corrected chi connectivity index (χ1v) is 14.2. The van der Waals surface area contributed by atoms with Crippen molar-refractivity contribution in [2.75, 3.05) is 6.61 Å². The van der Waals surface area contributed by atoms with E-state index in [4.69, 9.17) is 4.74 Å². The Morgan fingerprint density at radius 2 is 1.47 bits per heavy atom. The molecule has 1 rings (SSSR count). The molecule has 1 atom stereocenters. The molecule has 0 heterocycles. The van der Waals surface area contributed by atoms with Crippen LogP contribution >= 0.6 is 0 Å². The van der Waals surface area contributed by atoms with E-state index in [-0.39, 0.29) is 11.4 Å². The molecule has 1 aliphatic rings. The fourth-order valence-electron chi connectivity index (χ4n) is 4.56. The van der Waals surface area contributed by atoms with Gasteiger partial charge in [-0.1, -0.05) is 104 Å². The molecule has 3 heteroatoms. The molecule has 34 heavy (non-hydrogen) atoms. The number of rotatable bonds is 19. The Balaban J connectivity index is 2.08. The summed E-state index contributed by atoms with van der Waals surface area (Å²) in [5.41, 5.74) is 0.00689. The van der Waals surface area contributed by atoms with Crippen LogP contribution in [-0.2, 0) is 9.53 Å². The maximum absolute atomic E-state index is 12.6. The second kappa shape index (κ2) is 17.0. The number of ether oxygens (including phenoxy) is 1. The Kier molecular flexibility index (Phi) is 15.3. The van der Waals surface area contributed by atoms with Crippen LogP contribution in [0.1, 0.15) is 137 Å². The van der Waals surface area contributed by atoms with Gasteiger partial charge in [0.2, 0.25) is 0 Å². The average Bonchev–Trinajstić information content (AvgIpc) is 2.82. The monoisotopic (exact) mass is 474 g/mol. The van der Waals surface area contributed by atoms with Gasteiger partial charge in [-0.2, -0.15) is 0 Å². The SMILES string of the molecule is CCCCCCCC/C=C\CCCCCCCCOC(=O)C1=CC(C)(C(C)(C)CC)C(O)=CC1. The smallest absolute Gasteiger partial charge is 0.334 e. The fraction of sp³-hybridized carbons (Fsp3) is 0.774. The zero-order valence-electron chi connectivity index (χ0n) is 23.1. The predicted octanol–water partition coefficient (Wildman–Crippen LogP) is 9.78. The summed E-state index contributed by atoms with van der Waals surface area (Å²) in [6.45, 7) is 11.2. The molecule has 3 nitrogen and oxygen atoms in total. The third kappa shape index (κ3) is 10.8. The van der Waals surface area contributed by atoms with E-state index in [9.17, 15) is 9.90 Å². The minimum atomic E-state index is -0.530. The van der Waals surface area contributed by atoms with Crippen molar-refractivity contribution in [1.82, 2.24) is 0 Å². The van der Waals surface area contributed by atoms with Gasteiger partial charge in [-0.05, 0) is 56.9 Å². The van der Waals surface area contributed by atoms with Crippen molar-refractivity contribution in [3.63, 3.8) is 0 Å². The molecule has 0 aromatic carbocycles. The zero-order valence-corrected chi connectivity index (χ0v) is 23.1. The number of carbonyl (C=O) groups is 1. The first kappa shape index (κ1) is 30.5. The number of carbonyl (C=O) groups excluding carboxylic acids is 1. The van der Waals surface area contributed by atoms with Crippen molar-refractivity contribution in [3.05, 3.63) is 35.6 Å². The maximum atomic E-state index is 12.6. The van der Waals surface area contributed by atoms with Crippen LogP contribution in [0.2, 0.25) is 0 Å². The van der Waals surface area contributed by atoms with E-state index in [0.29, 0.717) is 24.4 Å². The highest BCUT2D eigenvalue weighted by Gasteiger charge is 2.43. The van der Waals surface area contributed by atoms with Crippen LogP contribution < -0.4 is 0 Å². The summed E-state index contributed by atoms with van der Waals surface area (Å²) in [6.07, 6.45) is 27.6. The molecule has 0 bridgehead atoms. The number of unbranched alkanes of at least 4 members (excludes halogenated alkanes) is 12. The number of aliphatic hydroxyl groups excluding tert-OH is 1. The summed E-state index contributed by atoms with van der Waals surface area (Å²) in [6, 6.07) is 0. The molecule has 0 amide bonds. The molecular weight excluding hydrogens is 420 g/mol. The van der Waals surface area contributed by atoms with Gasteiger partial charge in [-0.25, -0.2) is 4.79 Å². The summed E-state index contributed by atoms with van der Waals surface area (Å²) in [7, 11) is 0. The van der Waals surface area contributed by atoms with Crippen LogP contribution in [0.15, 0.2) is 35.6 Å². The Bertz CT molecular complexity index is 656. The van der Waals surface area contributed by atoms with Crippen molar-refractivity contribution >= 4 is 5.97 Å².